The molecule has 5 aromatic rings. The zero-order chi connectivity index (χ0) is 29.2. The number of carbonyl (C=O) groups excluding carboxylic acids is 2. The molecule has 42 heavy (non-hydrogen) atoms. The third kappa shape index (κ3) is 5.26. The van der Waals surface area contributed by atoms with Gasteiger partial charge < -0.3 is 16.0 Å². The molecule has 1 atom stereocenters. The van der Waals surface area contributed by atoms with Crippen molar-refractivity contribution in [3.8, 4) is 11.3 Å². The van der Waals surface area contributed by atoms with Crippen LogP contribution in [0.5, 0.6) is 0 Å². The van der Waals surface area contributed by atoms with Crippen LogP contribution in [0.25, 0.3) is 16.8 Å². The fourth-order valence-corrected chi connectivity index (χ4v) is 5.50. The first-order valence-electron chi connectivity index (χ1n) is 13.7. The van der Waals surface area contributed by atoms with E-state index in [1.165, 1.54) is 6.20 Å². The SMILES string of the molecule is CCCc1ccnc(NC(=O)c2ccc(-c3nc([C@@H]4CCCN4C(=O)c4ccnc(Cl)n4)n4ccnc(N)c34)cc2)c1. The molecule has 1 aromatic carbocycles. The summed E-state index contributed by atoms with van der Waals surface area (Å²) in [7, 11) is 0. The number of nitrogens with two attached hydrogens (primary N) is 1. The van der Waals surface area contributed by atoms with Crippen molar-refractivity contribution in [2.75, 3.05) is 17.6 Å². The predicted octanol–water partition coefficient (Wildman–Crippen LogP) is 5.00. The molecule has 0 radical (unpaired) electrons. The predicted molar refractivity (Wildman–Crippen MR) is 159 cm³/mol. The molecule has 1 saturated heterocycles. The van der Waals surface area contributed by atoms with E-state index in [1.807, 2.05) is 28.7 Å². The Hall–Kier alpha value is -4.90. The maximum Gasteiger partial charge on any atom is 0.273 e. The van der Waals surface area contributed by atoms with Gasteiger partial charge in [-0.1, -0.05) is 25.5 Å². The number of hydrogen-bond acceptors (Lipinski definition) is 8. The van der Waals surface area contributed by atoms with Gasteiger partial charge in [0.1, 0.15) is 34.4 Å². The first kappa shape index (κ1) is 27.3. The molecule has 1 fully saturated rings. The summed E-state index contributed by atoms with van der Waals surface area (Å²) in [6.07, 6.45) is 10.0. The molecule has 3 N–H and O–H groups in total. The molecule has 6 rings (SSSR count). The molecular weight excluding hydrogens is 554 g/mol. The fraction of sp³-hybridized carbons (Fsp3) is 0.233. The number of imidazole rings is 1. The maximum absolute atomic E-state index is 13.4. The number of aryl methyl sites for hydroxylation is 1. The number of nitrogen functional groups attached to an aromatic ring is 1. The second-order valence-corrected chi connectivity index (χ2v) is 10.4. The van der Waals surface area contributed by atoms with Crippen LogP contribution in [0, 0.1) is 0 Å². The Kier molecular flexibility index (Phi) is 7.49. The van der Waals surface area contributed by atoms with Gasteiger partial charge in [0.2, 0.25) is 5.28 Å². The van der Waals surface area contributed by atoms with Gasteiger partial charge in [-0.15, -0.1) is 0 Å². The number of nitrogens with one attached hydrogen (secondary N) is 1. The van der Waals surface area contributed by atoms with Crippen molar-refractivity contribution in [2.45, 2.75) is 38.6 Å². The average Bonchev–Trinajstić information content (AvgIpc) is 3.63. The topological polar surface area (TPSA) is 144 Å². The first-order valence-corrected chi connectivity index (χ1v) is 14.1. The second-order valence-electron chi connectivity index (χ2n) is 10.0. The van der Waals surface area contributed by atoms with Crippen LogP contribution in [0.2, 0.25) is 5.28 Å². The molecule has 0 spiro atoms. The van der Waals surface area contributed by atoms with E-state index in [1.54, 1.807) is 41.7 Å². The number of aromatic nitrogens is 6. The molecule has 0 saturated carbocycles. The lowest BCUT2D eigenvalue weighted by Gasteiger charge is -2.23. The van der Waals surface area contributed by atoms with Gasteiger partial charge in [-0.25, -0.2) is 24.9 Å². The number of amides is 2. The number of rotatable bonds is 7. The summed E-state index contributed by atoms with van der Waals surface area (Å²) in [6, 6.07) is 12.2. The number of halogens is 1. The van der Waals surface area contributed by atoms with Gasteiger partial charge >= 0.3 is 0 Å². The smallest absolute Gasteiger partial charge is 0.273 e. The van der Waals surface area contributed by atoms with Crippen LogP contribution in [0.3, 0.4) is 0 Å². The fourth-order valence-electron chi connectivity index (χ4n) is 5.36. The van der Waals surface area contributed by atoms with Gasteiger partial charge in [-0.05, 0) is 66.8 Å². The maximum atomic E-state index is 13.4. The summed E-state index contributed by atoms with van der Waals surface area (Å²) in [4.78, 5) is 49.7. The van der Waals surface area contributed by atoms with Gasteiger partial charge in [-0.3, -0.25) is 14.0 Å². The van der Waals surface area contributed by atoms with Crippen LogP contribution in [0.15, 0.2) is 67.3 Å². The normalized spacial score (nSPS) is 14.8. The minimum Gasteiger partial charge on any atom is -0.382 e. The highest BCUT2D eigenvalue weighted by atomic mass is 35.5. The molecule has 1 aliphatic rings. The molecule has 212 valence electrons. The Labute approximate surface area is 246 Å². The van der Waals surface area contributed by atoms with Gasteiger partial charge in [0.15, 0.2) is 0 Å². The Bertz CT molecular complexity index is 1790. The van der Waals surface area contributed by atoms with Crippen LogP contribution >= 0.6 is 11.6 Å². The highest BCUT2D eigenvalue weighted by Gasteiger charge is 2.35. The molecule has 0 bridgehead atoms. The molecule has 4 aromatic heterocycles. The third-order valence-electron chi connectivity index (χ3n) is 7.29. The number of fused-ring (bicyclic) bond motifs is 1. The van der Waals surface area contributed by atoms with E-state index < -0.39 is 0 Å². The standard InChI is InChI=1S/C30H28ClN9O2/c1-2-4-18-10-12-33-23(17-18)37-28(41)20-8-6-19(7-9-20)24-25-26(32)34-14-16-40(25)27(38-24)22-5-3-15-39(22)29(42)21-11-13-35-30(31)36-21/h6-14,16-17,22H,2-5,15H2,1H3,(H2,32,34)(H,33,37,41)/t22-/m0/s1. The van der Waals surface area contributed by atoms with Crippen molar-refractivity contribution in [2.24, 2.45) is 0 Å². The summed E-state index contributed by atoms with van der Waals surface area (Å²) in [6.45, 7) is 2.66. The van der Waals surface area contributed by atoms with E-state index in [2.05, 4.69) is 32.2 Å². The molecule has 11 nitrogen and oxygen atoms in total. The number of likely N-dealkylation sites (tertiary alicyclic amines) is 1. The van der Waals surface area contributed by atoms with E-state index >= 15 is 0 Å². The van der Waals surface area contributed by atoms with Gasteiger partial charge in [0.25, 0.3) is 11.8 Å². The van der Waals surface area contributed by atoms with Crippen LogP contribution in [-0.2, 0) is 6.42 Å². The van der Waals surface area contributed by atoms with Crippen LogP contribution in [-0.4, -0.2) is 52.6 Å². The number of benzene rings is 1. The largest absolute Gasteiger partial charge is 0.382 e. The number of carbonyl (C=O) groups is 2. The quantitative estimate of drug-likeness (QED) is 0.255. The summed E-state index contributed by atoms with van der Waals surface area (Å²) < 4.78 is 1.89. The minimum absolute atomic E-state index is 0.0161. The van der Waals surface area contributed by atoms with Crippen molar-refractivity contribution in [3.63, 3.8) is 0 Å². The zero-order valence-electron chi connectivity index (χ0n) is 22.9. The summed E-state index contributed by atoms with van der Waals surface area (Å²) in [5, 5.41) is 2.89. The van der Waals surface area contributed by atoms with Crippen LogP contribution < -0.4 is 11.1 Å². The molecule has 0 aliphatic carbocycles. The number of nitrogens with zero attached hydrogens (tertiary/aromatic N) is 7. The van der Waals surface area contributed by atoms with Crippen molar-refractivity contribution < 1.29 is 9.59 Å². The lowest BCUT2D eigenvalue weighted by Crippen LogP contribution is -2.32. The molecule has 2 amide bonds. The molecule has 0 unspecified atom stereocenters. The van der Waals surface area contributed by atoms with E-state index in [4.69, 9.17) is 22.3 Å². The Morgan fingerprint density at radius 1 is 1.05 bits per heavy atom. The van der Waals surface area contributed by atoms with Gasteiger partial charge in [0, 0.05) is 42.5 Å². The van der Waals surface area contributed by atoms with Crippen LogP contribution in [0.4, 0.5) is 11.6 Å². The molecule has 1 aliphatic heterocycles. The van der Waals surface area contributed by atoms with E-state index in [0.29, 0.717) is 40.8 Å². The monoisotopic (exact) mass is 581 g/mol. The number of anilines is 2. The Morgan fingerprint density at radius 3 is 2.64 bits per heavy atom. The lowest BCUT2D eigenvalue weighted by molar-refractivity contribution is 0.0723. The van der Waals surface area contributed by atoms with E-state index in [-0.39, 0.29) is 28.8 Å². The van der Waals surface area contributed by atoms with E-state index in [0.717, 1.165) is 36.8 Å². The van der Waals surface area contributed by atoms with Crippen molar-refractivity contribution >= 4 is 40.6 Å². The first-order chi connectivity index (χ1) is 20.4. The average molecular weight is 582 g/mol. The summed E-state index contributed by atoms with van der Waals surface area (Å²) >= 11 is 5.95. The minimum atomic E-state index is -0.310. The summed E-state index contributed by atoms with van der Waals surface area (Å²) in [5.74, 6) is 0.986. The van der Waals surface area contributed by atoms with Gasteiger partial charge in [-0.2, -0.15) is 0 Å². The van der Waals surface area contributed by atoms with Crippen LogP contribution in [0.1, 0.15) is 64.5 Å². The lowest BCUT2D eigenvalue weighted by atomic mass is 10.1. The molecule has 5 heterocycles. The molecule has 12 heteroatoms. The van der Waals surface area contributed by atoms with E-state index in [9.17, 15) is 9.59 Å². The number of hydrogen-bond donors (Lipinski definition) is 2. The third-order valence-corrected chi connectivity index (χ3v) is 7.47. The zero-order valence-corrected chi connectivity index (χ0v) is 23.6. The summed E-state index contributed by atoms with van der Waals surface area (Å²) in [5.41, 5.74) is 10.2. The Balaban J connectivity index is 1.30. The highest BCUT2D eigenvalue weighted by Crippen LogP contribution is 2.37. The van der Waals surface area contributed by atoms with Gasteiger partial charge in [0.05, 0.1) is 6.04 Å². The van der Waals surface area contributed by atoms with Crippen molar-refractivity contribution in [1.82, 2.24) is 34.2 Å². The highest BCUT2D eigenvalue weighted by molar-refractivity contribution is 6.28. The van der Waals surface area contributed by atoms with Crippen molar-refractivity contribution in [3.05, 3.63) is 95.2 Å². The Morgan fingerprint density at radius 2 is 1.86 bits per heavy atom. The second kappa shape index (κ2) is 11.5. The van der Waals surface area contributed by atoms with Crippen molar-refractivity contribution in [1.29, 1.82) is 0 Å². The molecular formula is C30H28ClN9O2. The number of pyridine rings is 1.